The Morgan fingerprint density at radius 3 is 2.59 bits per heavy atom. The molecule has 2 saturated heterocycles. The lowest BCUT2D eigenvalue weighted by Crippen LogP contribution is -2.52. The van der Waals surface area contributed by atoms with E-state index in [1.165, 1.54) is 11.3 Å². The molecule has 5 heteroatoms. The van der Waals surface area contributed by atoms with Crippen LogP contribution in [0.2, 0.25) is 0 Å². The topological polar surface area (TPSA) is 44.8 Å². The van der Waals surface area contributed by atoms with Crippen LogP contribution in [0.5, 0.6) is 0 Å². The lowest BCUT2D eigenvalue weighted by Gasteiger charge is -2.36. The quantitative estimate of drug-likeness (QED) is 0.929. The van der Waals surface area contributed by atoms with Crippen LogP contribution in [-0.4, -0.2) is 56.4 Å². The van der Waals surface area contributed by atoms with Crippen molar-refractivity contribution in [2.24, 2.45) is 0 Å². The Bertz CT molecular complexity index is 489. The molecular formula is C17H25N3O2. The van der Waals surface area contributed by atoms with Crippen LogP contribution < -0.4 is 10.2 Å². The third kappa shape index (κ3) is 3.71. The van der Waals surface area contributed by atoms with Crippen LogP contribution in [0, 0.1) is 6.92 Å². The summed E-state index contributed by atoms with van der Waals surface area (Å²) in [5.41, 5.74) is 2.51. The minimum absolute atomic E-state index is 0.0408. The van der Waals surface area contributed by atoms with Gasteiger partial charge in [-0.05, 0) is 31.9 Å². The third-order valence-electron chi connectivity index (χ3n) is 4.47. The summed E-state index contributed by atoms with van der Waals surface area (Å²) in [6.45, 7) is 6.87. The van der Waals surface area contributed by atoms with Gasteiger partial charge in [0.1, 0.15) is 0 Å². The molecule has 0 spiro atoms. The molecule has 0 bridgehead atoms. The summed E-state index contributed by atoms with van der Waals surface area (Å²) < 4.78 is 5.53. The van der Waals surface area contributed by atoms with E-state index in [0.29, 0.717) is 6.54 Å². The summed E-state index contributed by atoms with van der Waals surface area (Å²) in [6.07, 6.45) is 2.37. The number of benzene rings is 1. The highest BCUT2D eigenvalue weighted by Crippen LogP contribution is 2.17. The first-order chi connectivity index (χ1) is 10.7. The number of anilines is 1. The molecule has 0 aliphatic carbocycles. The van der Waals surface area contributed by atoms with Gasteiger partial charge >= 0.3 is 6.03 Å². The molecule has 120 valence electrons. The predicted molar refractivity (Wildman–Crippen MR) is 87.3 cm³/mol. The molecule has 1 N–H and O–H groups in total. The lowest BCUT2D eigenvalue weighted by molar-refractivity contribution is 0.108. The van der Waals surface area contributed by atoms with Crippen LogP contribution in [0.4, 0.5) is 10.5 Å². The van der Waals surface area contributed by atoms with E-state index < -0.39 is 0 Å². The van der Waals surface area contributed by atoms with Gasteiger partial charge in [0.15, 0.2) is 0 Å². The third-order valence-corrected chi connectivity index (χ3v) is 4.47. The predicted octanol–water partition coefficient (Wildman–Crippen LogP) is 2.01. The van der Waals surface area contributed by atoms with Crippen LogP contribution in [0.25, 0.3) is 0 Å². The fourth-order valence-electron chi connectivity index (χ4n) is 3.04. The van der Waals surface area contributed by atoms with Crippen molar-refractivity contribution < 1.29 is 9.53 Å². The summed E-state index contributed by atoms with van der Waals surface area (Å²) in [6, 6.07) is 8.62. The zero-order valence-corrected chi connectivity index (χ0v) is 13.3. The Kier molecular flexibility index (Phi) is 4.83. The number of hydrogen-bond donors (Lipinski definition) is 1. The van der Waals surface area contributed by atoms with Crippen LogP contribution in [-0.2, 0) is 4.74 Å². The van der Waals surface area contributed by atoms with Gasteiger partial charge in [-0.25, -0.2) is 4.79 Å². The molecular weight excluding hydrogens is 278 g/mol. The second kappa shape index (κ2) is 7.01. The van der Waals surface area contributed by atoms with Crippen molar-refractivity contribution in [2.45, 2.75) is 25.9 Å². The SMILES string of the molecule is Cc1ccc(N2CCN(C(=O)NCC3CCCO3)CC2)cc1. The van der Waals surface area contributed by atoms with Gasteiger partial charge in [0, 0.05) is 45.0 Å². The van der Waals surface area contributed by atoms with Crippen LogP contribution in [0.3, 0.4) is 0 Å². The average Bonchev–Trinajstić information content (AvgIpc) is 3.07. The molecule has 22 heavy (non-hydrogen) atoms. The van der Waals surface area contributed by atoms with E-state index in [2.05, 4.69) is 41.4 Å². The Balaban J connectivity index is 1.44. The van der Waals surface area contributed by atoms with Crippen molar-refractivity contribution >= 4 is 11.7 Å². The van der Waals surface area contributed by atoms with Crippen molar-refractivity contribution in [3.05, 3.63) is 29.8 Å². The van der Waals surface area contributed by atoms with Gasteiger partial charge in [-0.2, -0.15) is 0 Å². The number of amides is 2. The van der Waals surface area contributed by atoms with E-state index in [4.69, 9.17) is 4.74 Å². The second-order valence-corrected chi connectivity index (χ2v) is 6.13. The number of urea groups is 1. The van der Waals surface area contributed by atoms with Gasteiger partial charge in [0.2, 0.25) is 0 Å². The smallest absolute Gasteiger partial charge is 0.317 e. The molecule has 2 heterocycles. The monoisotopic (exact) mass is 303 g/mol. The van der Waals surface area contributed by atoms with Crippen molar-refractivity contribution in [1.82, 2.24) is 10.2 Å². The highest BCUT2D eigenvalue weighted by atomic mass is 16.5. The molecule has 0 saturated carbocycles. The fraction of sp³-hybridized carbons (Fsp3) is 0.588. The first kappa shape index (κ1) is 15.2. The Hall–Kier alpha value is -1.75. The molecule has 0 aromatic heterocycles. The molecule has 1 aromatic rings. The number of ether oxygens (including phenoxy) is 1. The number of rotatable bonds is 3. The van der Waals surface area contributed by atoms with Crippen LogP contribution in [0.1, 0.15) is 18.4 Å². The maximum Gasteiger partial charge on any atom is 0.317 e. The summed E-state index contributed by atoms with van der Waals surface area (Å²) in [5, 5.41) is 3.00. The fourth-order valence-corrected chi connectivity index (χ4v) is 3.04. The number of nitrogens with one attached hydrogen (secondary N) is 1. The van der Waals surface area contributed by atoms with Crippen molar-refractivity contribution in [3.8, 4) is 0 Å². The van der Waals surface area contributed by atoms with Crippen LogP contribution in [0.15, 0.2) is 24.3 Å². The molecule has 5 nitrogen and oxygen atoms in total. The first-order valence-corrected chi connectivity index (χ1v) is 8.18. The van der Waals surface area contributed by atoms with Gasteiger partial charge in [-0.3, -0.25) is 0 Å². The summed E-state index contributed by atoms with van der Waals surface area (Å²) in [4.78, 5) is 16.4. The van der Waals surface area contributed by atoms with E-state index >= 15 is 0 Å². The van der Waals surface area contributed by atoms with E-state index in [1.54, 1.807) is 0 Å². The normalized spacial score (nSPS) is 22.0. The van der Waals surface area contributed by atoms with E-state index in [9.17, 15) is 4.79 Å². The first-order valence-electron chi connectivity index (χ1n) is 8.18. The molecule has 2 aliphatic heterocycles. The van der Waals surface area contributed by atoms with Crippen molar-refractivity contribution in [3.63, 3.8) is 0 Å². The lowest BCUT2D eigenvalue weighted by atomic mass is 10.2. The number of hydrogen-bond acceptors (Lipinski definition) is 3. The number of aryl methyl sites for hydroxylation is 1. The maximum absolute atomic E-state index is 12.2. The number of carbonyl (C=O) groups is 1. The summed E-state index contributed by atoms with van der Waals surface area (Å²) >= 11 is 0. The van der Waals surface area contributed by atoms with Gasteiger partial charge in [0.05, 0.1) is 6.10 Å². The molecule has 2 aliphatic rings. The molecule has 2 fully saturated rings. The molecule has 1 aromatic carbocycles. The Morgan fingerprint density at radius 2 is 1.95 bits per heavy atom. The highest BCUT2D eigenvalue weighted by Gasteiger charge is 2.22. The minimum Gasteiger partial charge on any atom is -0.376 e. The highest BCUT2D eigenvalue weighted by molar-refractivity contribution is 5.74. The van der Waals surface area contributed by atoms with Crippen molar-refractivity contribution in [1.29, 1.82) is 0 Å². The van der Waals surface area contributed by atoms with Gasteiger partial charge in [-0.1, -0.05) is 17.7 Å². The van der Waals surface area contributed by atoms with E-state index in [0.717, 1.165) is 45.6 Å². The number of carbonyl (C=O) groups excluding carboxylic acids is 1. The largest absolute Gasteiger partial charge is 0.376 e. The van der Waals surface area contributed by atoms with Gasteiger partial charge in [-0.15, -0.1) is 0 Å². The molecule has 1 atom stereocenters. The van der Waals surface area contributed by atoms with E-state index in [1.807, 2.05) is 4.90 Å². The van der Waals surface area contributed by atoms with Gasteiger partial charge in [0.25, 0.3) is 0 Å². The van der Waals surface area contributed by atoms with Gasteiger partial charge < -0.3 is 19.9 Å². The Morgan fingerprint density at radius 1 is 1.23 bits per heavy atom. The van der Waals surface area contributed by atoms with E-state index in [-0.39, 0.29) is 12.1 Å². The minimum atomic E-state index is 0.0408. The zero-order valence-electron chi connectivity index (χ0n) is 13.3. The standard InChI is InChI=1S/C17H25N3O2/c1-14-4-6-15(7-5-14)19-8-10-20(11-9-19)17(21)18-13-16-3-2-12-22-16/h4-7,16H,2-3,8-13H2,1H3,(H,18,21). The molecule has 2 amide bonds. The summed E-state index contributed by atoms with van der Waals surface area (Å²) in [5.74, 6) is 0. The zero-order chi connectivity index (χ0) is 15.4. The second-order valence-electron chi connectivity index (χ2n) is 6.13. The van der Waals surface area contributed by atoms with Crippen molar-refractivity contribution in [2.75, 3.05) is 44.2 Å². The molecule has 0 radical (unpaired) electrons. The Labute approximate surface area is 132 Å². The van der Waals surface area contributed by atoms with Crippen LogP contribution >= 0.6 is 0 Å². The number of piperazine rings is 1. The molecule has 3 rings (SSSR count). The average molecular weight is 303 g/mol. The summed E-state index contributed by atoms with van der Waals surface area (Å²) in [7, 11) is 0. The maximum atomic E-state index is 12.2. The molecule has 1 unspecified atom stereocenters. The number of nitrogens with zero attached hydrogens (tertiary/aromatic N) is 2.